The smallest absolute Gasteiger partial charge is 0.407 e. The molecule has 1 heterocycles. The van der Waals surface area contributed by atoms with Crippen molar-refractivity contribution >= 4 is 6.09 Å². The van der Waals surface area contributed by atoms with E-state index in [1.165, 1.54) is 6.07 Å². The van der Waals surface area contributed by atoms with Crippen molar-refractivity contribution < 1.29 is 13.9 Å². The van der Waals surface area contributed by atoms with E-state index in [1.54, 1.807) is 12.1 Å². The van der Waals surface area contributed by atoms with E-state index in [0.29, 0.717) is 19.5 Å². The highest BCUT2D eigenvalue weighted by atomic mass is 19.1. The zero-order valence-corrected chi connectivity index (χ0v) is 12.1. The average Bonchev–Trinajstić information content (AvgIpc) is 2.33. The third-order valence-corrected chi connectivity index (χ3v) is 3.11. The summed E-state index contributed by atoms with van der Waals surface area (Å²) in [7, 11) is 0. The fourth-order valence-corrected chi connectivity index (χ4v) is 2.21. The first kappa shape index (κ1) is 14.8. The summed E-state index contributed by atoms with van der Waals surface area (Å²) in [4.78, 5) is 11.6. The van der Waals surface area contributed by atoms with Gasteiger partial charge in [-0.25, -0.2) is 9.18 Å². The van der Waals surface area contributed by atoms with Crippen LogP contribution < -0.4 is 10.6 Å². The van der Waals surface area contributed by atoms with Crippen LogP contribution in [0.3, 0.4) is 0 Å². The maximum atomic E-state index is 13.2. The van der Waals surface area contributed by atoms with Gasteiger partial charge in [0.1, 0.15) is 11.4 Å². The maximum Gasteiger partial charge on any atom is 0.407 e. The number of hydrogen-bond donors (Lipinski definition) is 2. The molecule has 0 radical (unpaired) electrons. The normalized spacial score (nSPS) is 18.3. The Morgan fingerprint density at radius 2 is 2.20 bits per heavy atom. The molecule has 2 N–H and O–H groups in total. The van der Waals surface area contributed by atoms with Crippen LogP contribution in [0.25, 0.3) is 0 Å². The van der Waals surface area contributed by atoms with E-state index in [9.17, 15) is 9.18 Å². The number of carbonyl (C=O) groups is 1. The van der Waals surface area contributed by atoms with E-state index in [0.717, 1.165) is 11.1 Å². The molecule has 2 rings (SSSR count). The number of carbonyl (C=O) groups excluding carboxylic acids is 1. The number of ether oxygens (including phenoxy) is 1. The Labute approximate surface area is 118 Å². The summed E-state index contributed by atoms with van der Waals surface area (Å²) in [5.41, 5.74) is 1.61. The number of nitrogens with one attached hydrogen (secondary N) is 2. The quantitative estimate of drug-likeness (QED) is 0.874. The zero-order chi connectivity index (χ0) is 14.8. The predicted octanol–water partition coefficient (Wildman–Crippen LogP) is 2.36. The predicted molar refractivity (Wildman–Crippen MR) is 75.0 cm³/mol. The summed E-state index contributed by atoms with van der Waals surface area (Å²) < 4.78 is 18.4. The molecule has 0 aliphatic carbocycles. The number of alkyl carbamates (subject to hydrolysis) is 1. The number of halogens is 1. The monoisotopic (exact) mass is 280 g/mol. The number of amides is 1. The Kier molecular flexibility index (Phi) is 4.28. The third-order valence-electron chi connectivity index (χ3n) is 3.11. The lowest BCUT2D eigenvalue weighted by molar-refractivity contribution is 0.0522. The SMILES string of the molecule is CC(C)(C)OC(=O)NCC1Cc2cc(F)ccc2CN1. The van der Waals surface area contributed by atoms with Crippen molar-refractivity contribution in [3.05, 3.63) is 35.1 Å². The molecular weight excluding hydrogens is 259 g/mol. The van der Waals surface area contributed by atoms with Crippen LogP contribution in [0.1, 0.15) is 31.9 Å². The Balaban J connectivity index is 1.86. The topological polar surface area (TPSA) is 50.4 Å². The Bertz CT molecular complexity index is 497. The molecule has 0 saturated heterocycles. The van der Waals surface area contributed by atoms with Crippen molar-refractivity contribution in [2.24, 2.45) is 0 Å². The van der Waals surface area contributed by atoms with Crippen molar-refractivity contribution in [1.82, 2.24) is 10.6 Å². The van der Waals surface area contributed by atoms with Gasteiger partial charge in [-0.3, -0.25) is 0 Å². The highest BCUT2D eigenvalue weighted by Gasteiger charge is 2.21. The molecule has 1 aliphatic heterocycles. The second-order valence-electron chi connectivity index (χ2n) is 6.08. The molecule has 0 spiro atoms. The van der Waals surface area contributed by atoms with E-state index >= 15 is 0 Å². The summed E-state index contributed by atoms with van der Waals surface area (Å²) >= 11 is 0. The molecular formula is C15H21FN2O2. The van der Waals surface area contributed by atoms with Gasteiger partial charge in [0.15, 0.2) is 0 Å². The fourth-order valence-electron chi connectivity index (χ4n) is 2.21. The van der Waals surface area contributed by atoms with E-state index < -0.39 is 11.7 Å². The van der Waals surface area contributed by atoms with Gasteiger partial charge in [-0.2, -0.15) is 0 Å². The van der Waals surface area contributed by atoms with E-state index in [-0.39, 0.29) is 11.9 Å². The fraction of sp³-hybridized carbons (Fsp3) is 0.533. The number of benzene rings is 1. The van der Waals surface area contributed by atoms with E-state index in [2.05, 4.69) is 10.6 Å². The minimum absolute atomic E-state index is 0.0943. The zero-order valence-electron chi connectivity index (χ0n) is 12.1. The Morgan fingerprint density at radius 3 is 2.90 bits per heavy atom. The van der Waals surface area contributed by atoms with E-state index in [1.807, 2.05) is 20.8 Å². The highest BCUT2D eigenvalue weighted by molar-refractivity contribution is 5.67. The average molecular weight is 280 g/mol. The van der Waals surface area contributed by atoms with Crippen LogP contribution in [0.5, 0.6) is 0 Å². The summed E-state index contributed by atoms with van der Waals surface area (Å²) in [6.07, 6.45) is 0.271. The Morgan fingerprint density at radius 1 is 1.45 bits per heavy atom. The molecule has 4 nitrogen and oxygen atoms in total. The van der Waals surface area contributed by atoms with Crippen LogP contribution in [0, 0.1) is 5.82 Å². The first-order chi connectivity index (χ1) is 9.33. The van der Waals surface area contributed by atoms with Gasteiger partial charge in [0.25, 0.3) is 0 Å². The van der Waals surface area contributed by atoms with E-state index in [4.69, 9.17) is 4.74 Å². The number of rotatable bonds is 2. The summed E-state index contributed by atoms with van der Waals surface area (Å²) in [5.74, 6) is -0.218. The van der Waals surface area contributed by atoms with Gasteiger partial charge in [0.05, 0.1) is 0 Å². The van der Waals surface area contributed by atoms with Crippen LogP contribution in [0.15, 0.2) is 18.2 Å². The second-order valence-corrected chi connectivity index (χ2v) is 6.08. The number of hydrogen-bond acceptors (Lipinski definition) is 3. The number of fused-ring (bicyclic) bond motifs is 1. The molecule has 5 heteroatoms. The molecule has 0 bridgehead atoms. The van der Waals surface area contributed by atoms with Crippen LogP contribution in [0.4, 0.5) is 9.18 Å². The molecule has 1 atom stereocenters. The summed E-state index contributed by atoms with van der Waals surface area (Å²) in [6, 6.07) is 4.93. The summed E-state index contributed by atoms with van der Waals surface area (Å²) in [6.45, 7) is 6.63. The van der Waals surface area contributed by atoms with Crippen molar-refractivity contribution in [2.45, 2.75) is 45.4 Å². The van der Waals surface area contributed by atoms with Gasteiger partial charge in [-0.15, -0.1) is 0 Å². The first-order valence-corrected chi connectivity index (χ1v) is 6.81. The lowest BCUT2D eigenvalue weighted by atomic mass is 9.96. The van der Waals surface area contributed by atoms with Gasteiger partial charge >= 0.3 is 6.09 Å². The Hall–Kier alpha value is -1.62. The third kappa shape index (κ3) is 4.20. The lowest BCUT2D eigenvalue weighted by Crippen LogP contribution is -2.45. The molecule has 0 aromatic heterocycles. The van der Waals surface area contributed by atoms with Crippen molar-refractivity contribution in [1.29, 1.82) is 0 Å². The molecule has 1 aliphatic rings. The van der Waals surface area contributed by atoms with Gasteiger partial charge in [0, 0.05) is 19.1 Å². The van der Waals surface area contributed by atoms with Crippen molar-refractivity contribution in [3.63, 3.8) is 0 Å². The van der Waals surface area contributed by atoms with Gasteiger partial charge in [-0.05, 0) is 50.5 Å². The molecule has 0 fully saturated rings. The van der Waals surface area contributed by atoms with Crippen molar-refractivity contribution in [3.8, 4) is 0 Å². The van der Waals surface area contributed by atoms with Crippen LogP contribution in [-0.2, 0) is 17.7 Å². The molecule has 0 saturated carbocycles. The minimum atomic E-state index is -0.500. The first-order valence-electron chi connectivity index (χ1n) is 6.81. The standard InChI is InChI=1S/C15H21FN2O2/c1-15(2,3)20-14(19)18-9-13-7-11-6-12(16)5-4-10(11)8-17-13/h4-6,13,17H,7-9H2,1-3H3,(H,18,19). The largest absolute Gasteiger partial charge is 0.444 e. The molecule has 1 amide bonds. The van der Waals surface area contributed by atoms with Gasteiger partial charge in [0.2, 0.25) is 0 Å². The second kappa shape index (κ2) is 5.79. The molecule has 1 aromatic carbocycles. The summed E-state index contributed by atoms with van der Waals surface area (Å²) in [5, 5.41) is 6.06. The van der Waals surface area contributed by atoms with Gasteiger partial charge < -0.3 is 15.4 Å². The minimum Gasteiger partial charge on any atom is -0.444 e. The van der Waals surface area contributed by atoms with Crippen LogP contribution in [0.2, 0.25) is 0 Å². The van der Waals surface area contributed by atoms with Crippen molar-refractivity contribution in [2.75, 3.05) is 6.54 Å². The molecule has 1 aromatic rings. The molecule has 1 unspecified atom stereocenters. The van der Waals surface area contributed by atoms with Crippen LogP contribution in [-0.4, -0.2) is 24.3 Å². The maximum absolute atomic E-state index is 13.2. The highest BCUT2D eigenvalue weighted by Crippen LogP contribution is 2.17. The van der Waals surface area contributed by atoms with Gasteiger partial charge in [-0.1, -0.05) is 6.07 Å². The van der Waals surface area contributed by atoms with Crippen LogP contribution >= 0.6 is 0 Å². The molecule has 20 heavy (non-hydrogen) atoms. The lowest BCUT2D eigenvalue weighted by Gasteiger charge is -2.27. The molecule has 110 valence electrons.